The molecule has 0 atom stereocenters. The number of anilines is 1. The number of nitrogens with zero attached hydrogens (tertiary/aromatic N) is 2. The first kappa shape index (κ1) is 16.3. The monoisotopic (exact) mass is 373 g/mol. The van der Waals surface area contributed by atoms with Gasteiger partial charge < -0.3 is 10.1 Å². The number of benzene rings is 2. The van der Waals surface area contributed by atoms with Crippen molar-refractivity contribution in [2.75, 3.05) is 19.0 Å². The number of nitrogens with one attached hydrogen (secondary N) is 1. The van der Waals surface area contributed by atoms with Gasteiger partial charge in [-0.15, -0.1) is 0 Å². The van der Waals surface area contributed by atoms with Crippen LogP contribution in [-0.4, -0.2) is 23.4 Å². The van der Waals surface area contributed by atoms with Gasteiger partial charge in [-0.25, -0.2) is 4.68 Å². The lowest BCUT2D eigenvalue weighted by Crippen LogP contribution is -2.05. The predicted octanol–water partition coefficient (Wildman–Crippen LogP) is 4.75. The quantitative estimate of drug-likeness (QED) is 0.717. The highest BCUT2D eigenvalue weighted by Crippen LogP contribution is 2.33. The maximum absolute atomic E-state index is 6.16. The molecule has 1 aliphatic heterocycles. The highest BCUT2D eigenvalue weighted by atomic mass is 35.5. The molecule has 3 aromatic rings. The summed E-state index contributed by atoms with van der Waals surface area (Å²) >= 11 is 12.3. The highest BCUT2D eigenvalue weighted by molar-refractivity contribution is 6.34. The Morgan fingerprint density at radius 2 is 1.92 bits per heavy atom. The van der Waals surface area contributed by atoms with Crippen LogP contribution in [0.1, 0.15) is 16.8 Å². The third-order valence-corrected chi connectivity index (χ3v) is 4.81. The van der Waals surface area contributed by atoms with E-state index in [0.717, 1.165) is 47.9 Å². The van der Waals surface area contributed by atoms with Crippen LogP contribution >= 0.6 is 23.2 Å². The maximum atomic E-state index is 6.16. The van der Waals surface area contributed by atoms with E-state index in [1.807, 2.05) is 35.0 Å². The smallest absolute Gasteiger partial charge is 0.133 e. The van der Waals surface area contributed by atoms with E-state index in [9.17, 15) is 0 Å². The van der Waals surface area contributed by atoms with Gasteiger partial charge in [0, 0.05) is 34.1 Å². The highest BCUT2D eigenvalue weighted by Gasteiger charge is 2.24. The average Bonchev–Trinajstić information content (AvgIpc) is 3.18. The van der Waals surface area contributed by atoms with Crippen molar-refractivity contribution in [2.45, 2.75) is 12.8 Å². The molecule has 25 heavy (non-hydrogen) atoms. The lowest BCUT2D eigenvalue weighted by atomic mass is 10.0. The Hall–Kier alpha value is -2.17. The van der Waals surface area contributed by atoms with Crippen molar-refractivity contribution in [3.05, 3.63) is 69.3 Å². The Bertz CT molecular complexity index is 916. The molecule has 0 saturated carbocycles. The lowest BCUT2D eigenvalue weighted by molar-refractivity contribution is 0.410. The third kappa shape index (κ3) is 3.08. The van der Waals surface area contributed by atoms with Crippen LogP contribution in [0.2, 0.25) is 10.0 Å². The molecule has 0 saturated heterocycles. The zero-order valence-electron chi connectivity index (χ0n) is 13.7. The Kier molecular flexibility index (Phi) is 4.32. The van der Waals surface area contributed by atoms with Crippen molar-refractivity contribution in [1.82, 2.24) is 9.78 Å². The summed E-state index contributed by atoms with van der Waals surface area (Å²) in [6, 6.07) is 13.5. The van der Waals surface area contributed by atoms with Crippen LogP contribution in [0.15, 0.2) is 42.5 Å². The molecular weight excluding hydrogens is 357 g/mol. The number of ether oxygens (including phenoxy) is 1. The summed E-state index contributed by atoms with van der Waals surface area (Å²) in [7, 11) is 1.69. The number of aromatic nitrogens is 2. The summed E-state index contributed by atoms with van der Waals surface area (Å²) in [6.07, 6.45) is 1.67. The molecule has 0 spiro atoms. The minimum absolute atomic E-state index is 0.594. The van der Waals surface area contributed by atoms with Gasteiger partial charge >= 0.3 is 0 Å². The van der Waals surface area contributed by atoms with Gasteiger partial charge in [0.2, 0.25) is 0 Å². The molecule has 0 aliphatic carbocycles. The molecule has 0 fully saturated rings. The van der Waals surface area contributed by atoms with Gasteiger partial charge in [-0.1, -0.05) is 41.4 Å². The molecule has 1 aliphatic rings. The SMILES string of the molecule is COc1ccccc1Cc1nn(-c2cc(Cl)cc(Cl)c2)c2c1CCN2. The Morgan fingerprint density at radius 1 is 1.16 bits per heavy atom. The van der Waals surface area contributed by atoms with E-state index in [0.29, 0.717) is 10.0 Å². The fourth-order valence-electron chi connectivity index (χ4n) is 3.27. The van der Waals surface area contributed by atoms with E-state index in [4.69, 9.17) is 33.0 Å². The van der Waals surface area contributed by atoms with Gasteiger partial charge in [0.1, 0.15) is 11.6 Å². The minimum Gasteiger partial charge on any atom is -0.496 e. The van der Waals surface area contributed by atoms with Gasteiger partial charge in [-0.2, -0.15) is 5.10 Å². The zero-order valence-corrected chi connectivity index (χ0v) is 15.2. The Balaban J connectivity index is 1.78. The minimum atomic E-state index is 0.594. The number of fused-ring (bicyclic) bond motifs is 1. The van der Waals surface area contributed by atoms with Crippen molar-refractivity contribution in [1.29, 1.82) is 0 Å². The third-order valence-electron chi connectivity index (χ3n) is 4.38. The first-order valence-corrected chi connectivity index (χ1v) is 8.84. The second-order valence-corrected chi connectivity index (χ2v) is 6.85. The standard InChI is InChI=1S/C19H17Cl2N3O/c1-25-18-5-3-2-4-12(18)8-17-16-6-7-22-19(16)24(23-17)15-10-13(20)9-14(21)11-15/h2-5,9-11,22H,6-8H2,1H3. The van der Waals surface area contributed by atoms with Crippen molar-refractivity contribution < 1.29 is 4.74 Å². The lowest BCUT2D eigenvalue weighted by Gasteiger charge is -2.08. The van der Waals surface area contributed by atoms with Crippen LogP contribution in [0, 0.1) is 0 Å². The molecule has 0 unspecified atom stereocenters. The van der Waals surface area contributed by atoms with Crippen LogP contribution in [0.3, 0.4) is 0 Å². The molecule has 1 N–H and O–H groups in total. The molecule has 2 heterocycles. The molecule has 0 bridgehead atoms. The normalized spacial score (nSPS) is 12.8. The summed E-state index contributed by atoms with van der Waals surface area (Å²) < 4.78 is 7.37. The molecule has 2 aromatic carbocycles. The molecule has 6 heteroatoms. The van der Waals surface area contributed by atoms with Gasteiger partial charge in [-0.3, -0.25) is 0 Å². The fourth-order valence-corrected chi connectivity index (χ4v) is 3.78. The maximum Gasteiger partial charge on any atom is 0.133 e. The van der Waals surface area contributed by atoms with Crippen molar-refractivity contribution in [3.63, 3.8) is 0 Å². The molecular formula is C19H17Cl2N3O. The average molecular weight is 374 g/mol. The first-order valence-electron chi connectivity index (χ1n) is 8.08. The molecule has 4 rings (SSSR count). The second kappa shape index (κ2) is 6.62. The van der Waals surface area contributed by atoms with Crippen LogP contribution < -0.4 is 10.1 Å². The molecule has 1 aromatic heterocycles. The van der Waals surface area contributed by atoms with Crippen LogP contribution in [0.4, 0.5) is 5.82 Å². The van der Waals surface area contributed by atoms with Crippen LogP contribution in [0.5, 0.6) is 5.75 Å². The van der Waals surface area contributed by atoms with E-state index in [1.54, 1.807) is 13.2 Å². The summed E-state index contributed by atoms with van der Waals surface area (Å²) in [4.78, 5) is 0. The second-order valence-electron chi connectivity index (χ2n) is 5.98. The Morgan fingerprint density at radius 3 is 2.68 bits per heavy atom. The van der Waals surface area contributed by atoms with Crippen molar-refractivity contribution in [2.24, 2.45) is 0 Å². The van der Waals surface area contributed by atoms with Crippen molar-refractivity contribution >= 4 is 29.0 Å². The predicted molar refractivity (Wildman–Crippen MR) is 102 cm³/mol. The van der Waals surface area contributed by atoms with E-state index >= 15 is 0 Å². The van der Waals surface area contributed by atoms with Crippen LogP contribution in [0.25, 0.3) is 5.69 Å². The topological polar surface area (TPSA) is 39.1 Å². The molecule has 128 valence electrons. The largest absolute Gasteiger partial charge is 0.496 e. The zero-order chi connectivity index (χ0) is 17.4. The molecule has 0 amide bonds. The van der Waals surface area contributed by atoms with E-state index in [2.05, 4.69) is 11.4 Å². The van der Waals surface area contributed by atoms with Gasteiger partial charge in [0.25, 0.3) is 0 Å². The van der Waals surface area contributed by atoms with E-state index in [-0.39, 0.29) is 0 Å². The summed E-state index contributed by atoms with van der Waals surface area (Å²) in [5.41, 5.74) is 4.26. The van der Waals surface area contributed by atoms with Gasteiger partial charge in [-0.05, 0) is 30.7 Å². The van der Waals surface area contributed by atoms with Crippen LogP contribution in [-0.2, 0) is 12.8 Å². The number of hydrogen-bond acceptors (Lipinski definition) is 3. The molecule has 0 radical (unpaired) electrons. The Labute approximate surface area is 156 Å². The van der Waals surface area contributed by atoms with E-state index in [1.165, 1.54) is 5.56 Å². The number of halogens is 2. The van der Waals surface area contributed by atoms with Gasteiger partial charge in [0.15, 0.2) is 0 Å². The summed E-state index contributed by atoms with van der Waals surface area (Å²) in [5, 5.41) is 9.45. The molecule has 4 nitrogen and oxygen atoms in total. The number of rotatable bonds is 4. The number of para-hydroxylation sites is 1. The van der Waals surface area contributed by atoms with E-state index < -0.39 is 0 Å². The van der Waals surface area contributed by atoms with Gasteiger partial charge in [0.05, 0.1) is 18.5 Å². The first-order chi connectivity index (χ1) is 12.2. The van der Waals surface area contributed by atoms with Crippen molar-refractivity contribution in [3.8, 4) is 11.4 Å². The fraction of sp³-hybridized carbons (Fsp3) is 0.211. The summed E-state index contributed by atoms with van der Waals surface area (Å²) in [5.74, 6) is 1.89. The number of methoxy groups -OCH3 is 1. The summed E-state index contributed by atoms with van der Waals surface area (Å²) in [6.45, 7) is 0.903. The number of hydrogen-bond donors (Lipinski definition) is 1.